The van der Waals surface area contributed by atoms with Gasteiger partial charge in [-0.15, -0.1) is 0 Å². The second-order valence-corrected chi connectivity index (χ2v) is 8.85. The smallest absolute Gasteiger partial charge is 0.129 e. The summed E-state index contributed by atoms with van der Waals surface area (Å²) in [6, 6.07) is 34.3. The molecule has 32 heavy (non-hydrogen) atoms. The summed E-state index contributed by atoms with van der Waals surface area (Å²) in [6.45, 7) is 6.60. The predicted molar refractivity (Wildman–Crippen MR) is 133 cm³/mol. The number of rotatable bonds is 6. The number of hydrogen-bond acceptors (Lipinski definition) is 3. The van der Waals surface area contributed by atoms with Gasteiger partial charge < -0.3 is 14.4 Å². The Morgan fingerprint density at radius 1 is 0.531 bits per heavy atom. The highest BCUT2D eigenvalue weighted by Crippen LogP contribution is 2.32. The monoisotopic (exact) mass is 423 g/mol. The van der Waals surface area contributed by atoms with E-state index in [2.05, 4.69) is 63.1 Å². The lowest BCUT2D eigenvalue weighted by atomic mass is 9.87. The van der Waals surface area contributed by atoms with Gasteiger partial charge in [0.1, 0.15) is 23.0 Å². The van der Waals surface area contributed by atoms with E-state index in [0.717, 1.165) is 34.4 Å². The zero-order chi connectivity index (χ0) is 22.6. The van der Waals surface area contributed by atoms with E-state index in [4.69, 9.17) is 9.47 Å². The third kappa shape index (κ3) is 5.30. The second-order valence-electron chi connectivity index (χ2n) is 8.85. The van der Waals surface area contributed by atoms with E-state index in [1.54, 1.807) is 0 Å². The highest BCUT2D eigenvalue weighted by Gasteiger charge is 2.14. The first-order valence-corrected chi connectivity index (χ1v) is 10.8. The quantitative estimate of drug-likeness (QED) is 0.311. The Balaban J connectivity index is 1.44. The normalized spacial score (nSPS) is 11.1. The molecule has 0 N–H and O–H groups in total. The summed E-state index contributed by atoms with van der Waals surface area (Å²) in [5, 5.41) is 0. The molecule has 4 aromatic carbocycles. The van der Waals surface area contributed by atoms with Crippen molar-refractivity contribution in [3.05, 3.63) is 109 Å². The standard InChI is InChI=1S/C29H29NO2/c1-29(2,3)22-10-8-14-27(20-22)31-25-16-18-26(19-17-25)32-28-15-9-13-24(21-28)30(4)23-11-6-5-7-12-23/h5-21H,1-4H3. The van der Waals surface area contributed by atoms with Crippen LogP contribution in [0.2, 0.25) is 0 Å². The van der Waals surface area contributed by atoms with Crippen LogP contribution in [-0.2, 0) is 5.41 Å². The molecule has 0 fully saturated rings. The minimum atomic E-state index is 0.0835. The number of nitrogens with zero attached hydrogens (tertiary/aromatic N) is 1. The summed E-state index contributed by atoms with van der Waals surface area (Å²) in [5.74, 6) is 3.17. The minimum Gasteiger partial charge on any atom is -0.457 e. The summed E-state index contributed by atoms with van der Waals surface area (Å²) < 4.78 is 12.1. The van der Waals surface area contributed by atoms with E-state index in [-0.39, 0.29) is 5.41 Å². The van der Waals surface area contributed by atoms with Gasteiger partial charge in [-0.2, -0.15) is 0 Å². The van der Waals surface area contributed by atoms with Crippen LogP contribution in [0.4, 0.5) is 11.4 Å². The molecule has 0 saturated carbocycles. The molecule has 0 unspecified atom stereocenters. The number of hydrogen-bond donors (Lipinski definition) is 0. The van der Waals surface area contributed by atoms with Gasteiger partial charge in [-0.25, -0.2) is 0 Å². The topological polar surface area (TPSA) is 21.7 Å². The lowest BCUT2D eigenvalue weighted by Crippen LogP contribution is -2.10. The highest BCUT2D eigenvalue weighted by molar-refractivity contribution is 5.63. The first-order chi connectivity index (χ1) is 15.4. The molecule has 0 atom stereocenters. The molecule has 0 saturated heterocycles. The van der Waals surface area contributed by atoms with Crippen LogP contribution >= 0.6 is 0 Å². The molecule has 3 nitrogen and oxygen atoms in total. The number of para-hydroxylation sites is 1. The van der Waals surface area contributed by atoms with Crippen LogP contribution in [0.15, 0.2) is 103 Å². The summed E-state index contributed by atoms with van der Waals surface area (Å²) >= 11 is 0. The maximum Gasteiger partial charge on any atom is 0.129 e. The van der Waals surface area contributed by atoms with Gasteiger partial charge in [0.25, 0.3) is 0 Å². The van der Waals surface area contributed by atoms with Crippen molar-refractivity contribution >= 4 is 11.4 Å². The average Bonchev–Trinajstić information content (AvgIpc) is 2.80. The lowest BCUT2D eigenvalue weighted by molar-refractivity contribution is 0.467. The van der Waals surface area contributed by atoms with Gasteiger partial charge >= 0.3 is 0 Å². The van der Waals surface area contributed by atoms with Crippen molar-refractivity contribution < 1.29 is 9.47 Å². The molecule has 0 amide bonds. The predicted octanol–water partition coefficient (Wildman–Crippen LogP) is 8.34. The van der Waals surface area contributed by atoms with Gasteiger partial charge in [0.15, 0.2) is 0 Å². The van der Waals surface area contributed by atoms with Crippen molar-refractivity contribution in [3.8, 4) is 23.0 Å². The van der Waals surface area contributed by atoms with Gasteiger partial charge in [0.2, 0.25) is 0 Å². The Kier molecular flexibility index (Phi) is 6.18. The fourth-order valence-electron chi connectivity index (χ4n) is 3.43. The number of ether oxygens (including phenoxy) is 2. The van der Waals surface area contributed by atoms with Crippen LogP contribution in [0.3, 0.4) is 0 Å². The molecule has 4 rings (SSSR count). The largest absolute Gasteiger partial charge is 0.457 e. The molecule has 0 bridgehead atoms. The van der Waals surface area contributed by atoms with E-state index in [9.17, 15) is 0 Å². The Morgan fingerprint density at radius 3 is 1.66 bits per heavy atom. The van der Waals surface area contributed by atoms with Gasteiger partial charge in [-0.05, 0) is 71.6 Å². The average molecular weight is 424 g/mol. The molecule has 0 spiro atoms. The first kappa shape index (κ1) is 21.5. The Labute approximate surface area is 190 Å². The number of benzene rings is 4. The van der Waals surface area contributed by atoms with Crippen LogP contribution < -0.4 is 14.4 Å². The van der Waals surface area contributed by atoms with Crippen molar-refractivity contribution in [2.75, 3.05) is 11.9 Å². The second kappa shape index (κ2) is 9.19. The molecule has 3 heteroatoms. The van der Waals surface area contributed by atoms with Gasteiger partial charge in [-0.3, -0.25) is 0 Å². The van der Waals surface area contributed by atoms with Crippen LogP contribution in [0.1, 0.15) is 26.3 Å². The van der Waals surface area contributed by atoms with Crippen LogP contribution in [0.25, 0.3) is 0 Å². The molecular formula is C29H29NO2. The van der Waals surface area contributed by atoms with Crippen LogP contribution in [0, 0.1) is 0 Å². The Hall–Kier alpha value is -3.72. The van der Waals surface area contributed by atoms with Crippen molar-refractivity contribution in [1.29, 1.82) is 0 Å². The van der Waals surface area contributed by atoms with Crippen LogP contribution in [0.5, 0.6) is 23.0 Å². The zero-order valence-electron chi connectivity index (χ0n) is 19.1. The molecule has 0 aliphatic heterocycles. The summed E-state index contributed by atoms with van der Waals surface area (Å²) in [4.78, 5) is 2.13. The van der Waals surface area contributed by atoms with E-state index < -0.39 is 0 Å². The molecule has 0 heterocycles. The van der Waals surface area contributed by atoms with E-state index in [1.807, 2.05) is 72.8 Å². The molecule has 162 valence electrons. The van der Waals surface area contributed by atoms with Crippen molar-refractivity contribution in [2.45, 2.75) is 26.2 Å². The highest BCUT2D eigenvalue weighted by atomic mass is 16.5. The fraction of sp³-hybridized carbons (Fsp3) is 0.172. The van der Waals surface area contributed by atoms with E-state index in [1.165, 1.54) is 5.56 Å². The SMILES string of the molecule is CN(c1ccccc1)c1cccc(Oc2ccc(Oc3cccc(C(C)(C)C)c3)cc2)c1. The molecule has 0 aliphatic carbocycles. The zero-order valence-corrected chi connectivity index (χ0v) is 19.1. The maximum atomic E-state index is 6.09. The Morgan fingerprint density at radius 2 is 1.06 bits per heavy atom. The Bertz CT molecular complexity index is 1160. The third-order valence-corrected chi connectivity index (χ3v) is 5.34. The summed E-state index contributed by atoms with van der Waals surface area (Å²) in [5.41, 5.74) is 3.52. The van der Waals surface area contributed by atoms with E-state index >= 15 is 0 Å². The fourth-order valence-corrected chi connectivity index (χ4v) is 3.43. The number of anilines is 2. The van der Waals surface area contributed by atoms with E-state index in [0.29, 0.717) is 0 Å². The molecular weight excluding hydrogens is 394 g/mol. The van der Waals surface area contributed by atoms with Crippen molar-refractivity contribution in [2.24, 2.45) is 0 Å². The van der Waals surface area contributed by atoms with Crippen molar-refractivity contribution in [1.82, 2.24) is 0 Å². The van der Waals surface area contributed by atoms with Crippen LogP contribution in [-0.4, -0.2) is 7.05 Å². The summed E-state index contributed by atoms with van der Waals surface area (Å²) in [6.07, 6.45) is 0. The first-order valence-electron chi connectivity index (χ1n) is 10.8. The minimum absolute atomic E-state index is 0.0835. The molecule has 0 aliphatic rings. The molecule has 0 aromatic heterocycles. The third-order valence-electron chi connectivity index (χ3n) is 5.34. The lowest BCUT2D eigenvalue weighted by Gasteiger charge is -2.20. The summed E-state index contributed by atoms with van der Waals surface area (Å²) in [7, 11) is 2.05. The maximum absolute atomic E-state index is 6.09. The van der Waals surface area contributed by atoms with Gasteiger partial charge in [0, 0.05) is 24.5 Å². The van der Waals surface area contributed by atoms with Crippen molar-refractivity contribution in [3.63, 3.8) is 0 Å². The van der Waals surface area contributed by atoms with Gasteiger partial charge in [-0.1, -0.05) is 57.2 Å². The molecule has 0 radical (unpaired) electrons. The van der Waals surface area contributed by atoms with Gasteiger partial charge in [0.05, 0.1) is 0 Å². The molecule has 4 aromatic rings.